The van der Waals surface area contributed by atoms with Crippen LogP contribution in [0.15, 0.2) is 24.3 Å². The molecule has 21 heavy (non-hydrogen) atoms. The number of hydrogen-bond acceptors (Lipinski definition) is 3. The van der Waals surface area contributed by atoms with Crippen LogP contribution in [0.1, 0.15) is 62.2 Å². The summed E-state index contributed by atoms with van der Waals surface area (Å²) in [4.78, 5) is 11.9. The highest BCUT2D eigenvalue weighted by molar-refractivity contribution is 5.77. The molecule has 3 nitrogen and oxygen atoms in total. The van der Waals surface area contributed by atoms with Gasteiger partial charge in [-0.3, -0.25) is 0 Å². The van der Waals surface area contributed by atoms with Crippen LogP contribution in [0.5, 0.6) is 0 Å². The number of aliphatic hydroxyl groups excluding tert-OH is 1. The molecule has 0 heterocycles. The second-order valence-electron chi connectivity index (χ2n) is 5.40. The summed E-state index contributed by atoms with van der Waals surface area (Å²) in [6.07, 6.45) is 4.73. The van der Waals surface area contributed by atoms with E-state index in [0.717, 1.165) is 18.4 Å². The van der Waals surface area contributed by atoms with Crippen molar-refractivity contribution in [1.82, 2.24) is 0 Å². The number of aliphatic hydroxyl groups is 1. The van der Waals surface area contributed by atoms with Gasteiger partial charge in [0.1, 0.15) is 0 Å². The fraction of sp³-hybridized carbons (Fsp3) is 0.500. The lowest BCUT2D eigenvalue weighted by atomic mass is 9.81. The highest BCUT2D eigenvalue weighted by Gasteiger charge is 2.25. The number of rotatable bonds is 4. The van der Waals surface area contributed by atoms with E-state index in [1.165, 1.54) is 19.3 Å². The van der Waals surface area contributed by atoms with Crippen molar-refractivity contribution >= 4 is 5.97 Å². The summed E-state index contributed by atoms with van der Waals surface area (Å²) in [6.45, 7) is 1.71. The van der Waals surface area contributed by atoms with E-state index in [0.29, 0.717) is 11.5 Å². The molecule has 112 valence electrons. The van der Waals surface area contributed by atoms with Crippen LogP contribution in [0.25, 0.3) is 0 Å². The molecule has 0 spiro atoms. The maximum atomic E-state index is 11.9. The number of hydrogen-bond donors (Lipinski definition) is 1. The first-order chi connectivity index (χ1) is 10.2. The minimum Gasteiger partial charge on any atom is -0.450 e. The quantitative estimate of drug-likeness (QED) is 0.682. The third kappa shape index (κ3) is 4.09. The van der Waals surface area contributed by atoms with Gasteiger partial charge >= 0.3 is 5.97 Å². The van der Waals surface area contributed by atoms with Gasteiger partial charge in [-0.15, -0.1) is 5.92 Å². The normalized spacial score (nSPS) is 16.7. The lowest BCUT2D eigenvalue weighted by Crippen LogP contribution is -2.18. The van der Waals surface area contributed by atoms with Crippen LogP contribution in [0.3, 0.4) is 0 Å². The molecular formula is C18H22O3. The van der Waals surface area contributed by atoms with Crippen molar-refractivity contribution in [3.05, 3.63) is 35.4 Å². The average Bonchev–Trinajstić information content (AvgIpc) is 2.55. The highest BCUT2D eigenvalue weighted by atomic mass is 16.5. The Labute approximate surface area is 126 Å². The molecule has 1 unspecified atom stereocenters. The van der Waals surface area contributed by atoms with Gasteiger partial charge in [-0.05, 0) is 36.8 Å². The van der Waals surface area contributed by atoms with Crippen molar-refractivity contribution in [3.8, 4) is 11.8 Å². The van der Waals surface area contributed by atoms with E-state index >= 15 is 0 Å². The smallest absolute Gasteiger partial charge is 0.340 e. The number of carbonyl (C=O) groups is 1. The summed E-state index contributed by atoms with van der Waals surface area (Å²) in [5.74, 6) is 5.13. The Morgan fingerprint density at radius 1 is 1.33 bits per heavy atom. The maximum Gasteiger partial charge on any atom is 0.340 e. The van der Waals surface area contributed by atoms with Gasteiger partial charge < -0.3 is 9.84 Å². The third-order valence-corrected chi connectivity index (χ3v) is 4.02. The van der Waals surface area contributed by atoms with E-state index in [9.17, 15) is 9.90 Å². The van der Waals surface area contributed by atoms with Crippen LogP contribution in [0, 0.1) is 11.8 Å². The summed E-state index contributed by atoms with van der Waals surface area (Å²) >= 11 is 0. The molecule has 0 aliphatic heterocycles. The second-order valence-corrected chi connectivity index (χ2v) is 5.40. The molecule has 0 radical (unpaired) electrons. The van der Waals surface area contributed by atoms with Crippen LogP contribution in [0.2, 0.25) is 0 Å². The number of esters is 1. The fourth-order valence-corrected chi connectivity index (χ4v) is 2.93. The van der Waals surface area contributed by atoms with E-state index in [2.05, 4.69) is 11.8 Å². The van der Waals surface area contributed by atoms with Crippen LogP contribution < -0.4 is 0 Å². The molecule has 3 heteroatoms. The second kappa shape index (κ2) is 7.85. The zero-order valence-electron chi connectivity index (χ0n) is 12.5. The number of carbonyl (C=O) groups excluding carboxylic acids is 1. The van der Waals surface area contributed by atoms with Crippen molar-refractivity contribution < 1.29 is 14.6 Å². The molecule has 0 amide bonds. The molecule has 1 aliphatic rings. The standard InChI is InChI=1S/C18H22O3/c1-2-3-13-21-18(20)17(19)16-12-8-7-11-15(16)14-9-5-4-6-10-14/h7-8,11-12,14,17,19H,4-6,9-10,13H2,1H3. The molecule has 1 aromatic rings. The topological polar surface area (TPSA) is 46.5 Å². The van der Waals surface area contributed by atoms with Gasteiger partial charge in [0.05, 0.1) is 0 Å². The Hall–Kier alpha value is -1.79. The summed E-state index contributed by atoms with van der Waals surface area (Å²) < 4.78 is 4.98. The predicted molar refractivity (Wildman–Crippen MR) is 81.6 cm³/mol. The van der Waals surface area contributed by atoms with Gasteiger partial charge in [0.25, 0.3) is 0 Å². The zero-order chi connectivity index (χ0) is 15.1. The Morgan fingerprint density at radius 3 is 2.76 bits per heavy atom. The number of benzene rings is 1. The first kappa shape index (κ1) is 15.6. The van der Waals surface area contributed by atoms with E-state index < -0.39 is 12.1 Å². The lowest BCUT2D eigenvalue weighted by Gasteiger charge is -2.25. The first-order valence-electron chi connectivity index (χ1n) is 7.57. The van der Waals surface area contributed by atoms with Crippen molar-refractivity contribution in [1.29, 1.82) is 0 Å². The Balaban J connectivity index is 2.13. The van der Waals surface area contributed by atoms with Crippen molar-refractivity contribution in [2.45, 2.75) is 51.0 Å². The molecule has 1 N–H and O–H groups in total. The van der Waals surface area contributed by atoms with Crippen LogP contribution >= 0.6 is 0 Å². The molecule has 2 rings (SSSR count). The molecule has 0 bridgehead atoms. The Kier molecular flexibility index (Phi) is 5.83. The summed E-state index contributed by atoms with van der Waals surface area (Å²) in [7, 11) is 0. The maximum absolute atomic E-state index is 11.9. The molecule has 1 aliphatic carbocycles. The molecule has 1 atom stereocenters. The molecule has 1 saturated carbocycles. The van der Waals surface area contributed by atoms with Gasteiger partial charge in [0, 0.05) is 0 Å². The van der Waals surface area contributed by atoms with E-state index in [1.54, 1.807) is 6.92 Å². The number of ether oxygens (including phenoxy) is 1. The molecular weight excluding hydrogens is 264 g/mol. The van der Waals surface area contributed by atoms with E-state index in [1.807, 2.05) is 24.3 Å². The highest BCUT2D eigenvalue weighted by Crippen LogP contribution is 2.36. The van der Waals surface area contributed by atoms with Gasteiger partial charge in [-0.1, -0.05) is 49.4 Å². The summed E-state index contributed by atoms with van der Waals surface area (Å²) in [5, 5.41) is 10.3. The Bertz CT molecular complexity index is 533. The lowest BCUT2D eigenvalue weighted by molar-refractivity contribution is -0.152. The molecule has 0 aromatic heterocycles. The zero-order valence-corrected chi connectivity index (χ0v) is 12.5. The van der Waals surface area contributed by atoms with Crippen LogP contribution in [-0.4, -0.2) is 17.7 Å². The van der Waals surface area contributed by atoms with Gasteiger partial charge in [0.2, 0.25) is 0 Å². The van der Waals surface area contributed by atoms with Gasteiger partial charge in [-0.2, -0.15) is 0 Å². The van der Waals surface area contributed by atoms with Gasteiger partial charge in [0.15, 0.2) is 12.7 Å². The third-order valence-electron chi connectivity index (χ3n) is 4.02. The van der Waals surface area contributed by atoms with Crippen LogP contribution in [0.4, 0.5) is 0 Å². The van der Waals surface area contributed by atoms with E-state index in [-0.39, 0.29) is 6.61 Å². The van der Waals surface area contributed by atoms with Gasteiger partial charge in [-0.25, -0.2) is 4.79 Å². The van der Waals surface area contributed by atoms with Crippen molar-refractivity contribution in [3.63, 3.8) is 0 Å². The SMILES string of the molecule is CC#CCOC(=O)C(O)c1ccccc1C1CCCCC1. The molecule has 1 fully saturated rings. The molecule has 0 saturated heterocycles. The average molecular weight is 286 g/mol. The molecule has 1 aromatic carbocycles. The first-order valence-corrected chi connectivity index (χ1v) is 7.57. The summed E-state index contributed by atoms with van der Waals surface area (Å²) in [5.41, 5.74) is 1.77. The fourth-order valence-electron chi connectivity index (χ4n) is 2.93. The minimum absolute atomic E-state index is 0.0258. The van der Waals surface area contributed by atoms with Crippen molar-refractivity contribution in [2.24, 2.45) is 0 Å². The van der Waals surface area contributed by atoms with Crippen molar-refractivity contribution in [2.75, 3.05) is 6.61 Å². The van der Waals surface area contributed by atoms with Crippen LogP contribution in [-0.2, 0) is 9.53 Å². The minimum atomic E-state index is -1.22. The predicted octanol–water partition coefficient (Wildman–Crippen LogP) is 3.33. The Morgan fingerprint density at radius 2 is 2.05 bits per heavy atom. The monoisotopic (exact) mass is 286 g/mol. The van der Waals surface area contributed by atoms with E-state index in [4.69, 9.17) is 4.74 Å². The summed E-state index contributed by atoms with van der Waals surface area (Å²) in [6, 6.07) is 7.66. The largest absolute Gasteiger partial charge is 0.450 e.